The lowest BCUT2D eigenvalue weighted by molar-refractivity contribution is -0.143. The second-order valence-corrected chi connectivity index (χ2v) is 7.30. The number of carbonyl (C=O) groups is 2. The maximum atomic E-state index is 13.0. The minimum absolute atomic E-state index is 0.0279. The van der Waals surface area contributed by atoms with Gasteiger partial charge in [-0.3, -0.25) is 15.0 Å². The third-order valence-electron chi connectivity index (χ3n) is 5.22. The van der Waals surface area contributed by atoms with E-state index < -0.39 is 12.1 Å². The van der Waals surface area contributed by atoms with E-state index in [0.29, 0.717) is 23.4 Å². The first-order valence-electron chi connectivity index (χ1n) is 10.5. The van der Waals surface area contributed by atoms with Crippen LogP contribution in [0, 0.1) is 5.41 Å². The maximum Gasteiger partial charge on any atom is 0.270 e. The number of nitrogens with one attached hydrogen (secondary N) is 3. The van der Waals surface area contributed by atoms with Crippen LogP contribution in [0.15, 0.2) is 36.4 Å². The van der Waals surface area contributed by atoms with Crippen LogP contribution < -0.4 is 21.1 Å². The largest absolute Gasteiger partial charge is 0.497 e. The molecule has 9 heteroatoms. The number of hydrogen-bond acceptors (Lipinski definition) is 6. The molecule has 5 N–H and O–H groups in total. The van der Waals surface area contributed by atoms with Gasteiger partial charge in [0, 0.05) is 43.1 Å². The first kappa shape index (κ1) is 23.1. The standard InChI is InChI=1S/C23H29N5O4/c1-4-26-19-11-14(20(24)25)6-7-15(19)12-27-21(29)23(32-5-2)28-13-16-10-17(31-3)8-9-18(16)22(28)30/h6-11,23,26H,4-5,12-13H2,1-3H3,(H3,24,25)(H,27,29). The lowest BCUT2D eigenvalue weighted by atomic mass is 10.1. The van der Waals surface area contributed by atoms with Crippen LogP contribution in [0.2, 0.25) is 0 Å². The van der Waals surface area contributed by atoms with Crippen molar-refractivity contribution < 1.29 is 19.1 Å². The van der Waals surface area contributed by atoms with Crippen molar-refractivity contribution in [2.45, 2.75) is 33.2 Å². The molecule has 0 saturated heterocycles. The summed E-state index contributed by atoms with van der Waals surface area (Å²) in [6, 6.07) is 10.6. The zero-order chi connectivity index (χ0) is 23.3. The van der Waals surface area contributed by atoms with E-state index in [2.05, 4.69) is 10.6 Å². The molecule has 1 atom stereocenters. The van der Waals surface area contributed by atoms with Crippen molar-refractivity contribution in [1.29, 1.82) is 5.41 Å². The zero-order valence-corrected chi connectivity index (χ0v) is 18.5. The predicted octanol–water partition coefficient (Wildman–Crippen LogP) is 2.05. The molecular formula is C23H29N5O4. The van der Waals surface area contributed by atoms with E-state index in [4.69, 9.17) is 20.6 Å². The van der Waals surface area contributed by atoms with Gasteiger partial charge >= 0.3 is 0 Å². The Hall–Kier alpha value is -3.59. The van der Waals surface area contributed by atoms with Gasteiger partial charge in [-0.25, -0.2) is 0 Å². The molecule has 32 heavy (non-hydrogen) atoms. The predicted molar refractivity (Wildman–Crippen MR) is 122 cm³/mol. The molecule has 0 radical (unpaired) electrons. The van der Waals surface area contributed by atoms with Crippen molar-refractivity contribution >= 4 is 23.3 Å². The van der Waals surface area contributed by atoms with Crippen molar-refractivity contribution in [3.63, 3.8) is 0 Å². The van der Waals surface area contributed by atoms with Crippen LogP contribution in [0.3, 0.4) is 0 Å². The highest BCUT2D eigenvalue weighted by atomic mass is 16.5. The highest BCUT2D eigenvalue weighted by Crippen LogP contribution is 2.28. The number of nitrogens with zero attached hydrogens (tertiary/aromatic N) is 1. The average Bonchev–Trinajstić information content (AvgIpc) is 3.11. The van der Waals surface area contributed by atoms with E-state index in [9.17, 15) is 9.59 Å². The number of hydrogen-bond donors (Lipinski definition) is 4. The zero-order valence-electron chi connectivity index (χ0n) is 18.5. The molecule has 0 spiro atoms. The summed E-state index contributed by atoms with van der Waals surface area (Å²) in [5, 5.41) is 13.7. The molecular weight excluding hydrogens is 410 g/mol. The molecule has 0 bridgehead atoms. The number of nitrogen functional groups attached to an aromatic ring is 1. The Morgan fingerprint density at radius 1 is 1.25 bits per heavy atom. The third-order valence-corrected chi connectivity index (χ3v) is 5.22. The Morgan fingerprint density at radius 3 is 2.69 bits per heavy atom. The van der Waals surface area contributed by atoms with Gasteiger partial charge in [-0.15, -0.1) is 0 Å². The summed E-state index contributed by atoms with van der Waals surface area (Å²) in [6.07, 6.45) is -1.05. The van der Waals surface area contributed by atoms with Crippen molar-refractivity contribution in [2.75, 3.05) is 25.6 Å². The molecule has 1 unspecified atom stereocenters. The maximum absolute atomic E-state index is 13.0. The number of amides is 2. The monoisotopic (exact) mass is 439 g/mol. The summed E-state index contributed by atoms with van der Waals surface area (Å²) in [5.74, 6) is -0.0332. The topological polar surface area (TPSA) is 130 Å². The van der Waals surface area contributed by atoms with E-state index in [1.54, 1.807) is 44.4 Å². The minimum Gasteiger partial charge on any atom is -0.497 e. The van der Waals surface area contributed by atoms with Crippen LogP contribution in [-0.4, -0.2) is 49.0 Å². The van der Waals surface area contributed by atoms with Crippen LogP contribution in [0.4, 0.5) is 5.69 Å². The molecule has 2 amide bonds. The quantitative estimate of drug-likeness (QED) is 0.331. The number of carbonyl (C=O) groups excluding carboxylic acids is 2. The Balaban J connectivity index is 1.75. The molecule has 1 heterocycles. The number of fused-ring (bicyclic) bond motifs is 1. The normalized spacial score (nSPS) is 13.5. The van der Waals surface area contributed by atoms with Crippen molar-refractivity contribution in [1.82, 2.24) is 10.2 Å². The van der Waals surface area contributed by atoms with Crippen LogP contribution in [0.25, 0.3) is 0 Å². The Kier molecular flexibility index (Phi) is 7.32. The number of methoxy groups -OCH3 is 1. The lowest BCUT2D eigenvalue weighted by Gasteiger charge is -2.26. The molecule has 0 aromatic heterocycles. The first-order chi connectivity index (χ1) is 15.4. The third kappa shape index (κ3) is 4.83. The minimum atomic E-state index is -1.05. The highest BCUT2D eigenvalue weighted by molar-refractivity contribution is 6.01. The Bertz CT molecular complexity index is 1020. The summed E-state index contributed by atoms with van der Waals surface area (Å²) >= 11 is 0. The number of rotatable bonds is 10. The second-order valence-electron chi connectivity index (χ2n) is 7.30. The van der Waals surface area contributed by atoms with E-state index >= 15 is 0 Å². The molecule has 1 aliphatic heterocycles. The Morgan fingerprint density at radius 2 is 2.03 bits per heavy atom. The van der Waals surface area contributed by atoms with Crippen LogP contribution in [0.5, 0.6) is 5.75 Å². The van der Waals surface area contributed by atoms with E-state index in [1.807, 2.05) is 13.0 Å². The van der Waals surface area contributed by atoms with Crippen molar-refractivity contribution in [3.8, 4) is 5.75 Å². The molecule has 1 aliphatic rings. The van der Waals surface area contributed by atoms with Crippen molar-refractivity contribution in [2.24, 2.45) is 5.73 Å². The van der Waals surface area contributed by atoms with Crippen LogP contribution >= 0.6 is 0 Å². The average molecular weight is 440 g/mol. The van der Waals surface area contributed by atoms with Gasteiger partial charge < -0.3 is 30.7 Å². The van der Waals surface area contributed by atoms with Gasteiger partial charge in [0.15, 0.2) is 0 Å². The van der Waals surface area contributed by atoms with E-state index in [-0.39, 0.29) is 31.4 Å². The number of amidine groups is 1. The van der Waals surface area contributed by atoms with Gasteiger partial charge in [-0.2, -0.15) is 0 Å². The number of ether oxygens (including phenoxy) is 2. The number of anilines is 1. The fourth-order valence-electron chi connectivity index (χ4n) is 3.62. The lowest BCUT2D eigenvalue weighted by Crippen LogP contribution is -2.48. The van der Waals surface area contributed by atoms with Gasteiger partial charge in [0.25, 0.3) is 11.8 Å². The Labute approximate surface area is 187 Å². The number of benzene rings is 2. The molecule has 9 nitrogen and oxygen atoms in total. The van der Waals surface area contributed by atoms with Crippen molar-refractivity contribution in [3.05, 3.63) is 58.7 Å². The van der Waals surface area contributed by atoms with E-state index in [1.165, 1.54) is 4.90 Å². The molecule has 2 aromatic rings. The van der Waals surface area contributed by atoms with E-state index in [0.717, 1.165) is 16.8 Å². The van der Waals surface area contributed by atoms with Gasteiger partial charge in [-0.1, -0.05) is 12.1 Å². The van der Waals surface area contributed by atoms with Crippen LogP contribution in [-0.2, 0) is 22.6 Å². The second kappa shape index (κ2) is 10.1. The fourth-order valence-corrected chi connectivity index (χ4v) is 3.62. The van der Waals surface area contributed by atoms with Gasteiger partial charge in [0.2, 0.25) is 6.23 Å². The summed E-state index contributed by atoms with van der Waals surface area (Å²) in [6.45, 7) is 5.18. The summed E-state index contributed by atoms with van der Waals surface area (Å²) in [7, 11) is 1.57. The molecule has 2 aromatic carbocycles. The van der Waals surface area contributed by atoms with Gasteiger partial charge in [0.1, 0.15) is 11.6 Å². The molecule has 0 saturated carbocycles. The molecule has 0 aliphatic carbocycles. The summed E-state index contributed by atoms with van der Waals surface area (Å²) in [5.41, 5.74) is 9.13. The van der Waals surface area contributed by atoms with Gasteiger partial charge in [-0.05, 0) is 49.2 Å². The summed E-state index contributed by atoms with van der Waals surface area (Å²) < 4.78 is 10.9. The molecule has 0 fully saturated rings. The molecule has 170 valence electrons. The van der Waals surface area contributed by atoms with Gasteiger partial charge in [0.05, 0.1) is 7.11 Å². The highest BCUT2D eigenvalue weighted by Gasteiger charge is 2.37. The first-order valence-corrected chi connectivity index (χ1v) is 10.5. The SMILES string of the molecule is CCNc1cc(C(=N)N)ccc1CNC(=O)C(OCC)N1Cc2cc(OC)ccc2C1=O. The number of nitrogens with two attached hydrogens (primary N) is 1. The fraction of sp³-hybridized carbons (Fsp3) is 0.348. The summed E-state index contributed by atoms with van der Waals surface area (Å²) in [4.78, 5) is 27.4. The smallest absolute Gasteiger partial charge is 0.270 e. The molecule has 3 rings (SSSR count). The van der Waals surface area contributed by atoms with Crippen LogP contribution in [0.1, 0.15) is 40.9 Å².